The number of hydrogen-bond acceptors (Lipinski definition) is 3. The summed E-state index contributed by atoms with van der Waals surface area (Å²) in [5.41, 5.74) is 0.282. The summed E-state index contributed by atoms with van der Waals surface area (Å²) in [6.07, 6.45) is 12.0. The largest absolute Gasteiger partial charge is 0.444 e. The molecule has 2 aliphatic rings. The minimum atomic E-state index is -0.430. The van der Waals surface area contributed by atoms with Crippen LogP contribution in [0.3, 0.4) is 0 Å². The van der Waals surface area contributed by atoms with E-state index in [0.717, 1.165) is 13.0 Å². The maximum Gasteiger partial charge on any atom is 0.407 e. The summed E-state index contributed by atoms with van der Waals surface area (Å²) in [6, 6.07) is 0.817. The molecule has 2 saturated carbocycles. The second kappa shape index (κ2) is 7.87. The highest BCUT2D eigenvalue weighted by Gasteiger charge is 2.37. The Balaban J connectivity index is 1.57. The van der Waals surface area contributed by atoms with Gasteiger partial charge in [-0.25, -0.2) is 4.79 Å². The van der Waals surface area contributed by atoms with Crippen molar-refractivity contribution in [1.29, 1.82) is 0 Å². The number of alkyl carbamates (subject to hydrolysis) is 1. The van der Waals surface area contributed by atoms with Gasteiger partial charge in [0.2, 0.25) is 0 Å². The number of carbonyl (C=O) groups is 1. The van der Waals surface area contributed by atoms with E-state index in [1.54, 1.807) is 0 Å². The SMILES string of the molecule is CC(CCNC1CCC2(CCCC2)CC1)NC(=O)OC(C)(C)C. The predicted molar refractivity (Wildman–Crippen MR) is 94.6 cm³/mol. The zero-order valence-corrected chi connectivity index (χ0v) is 15.5. The van der Waals surface area contributed by atoms with Crippen LogP contribution in [0.2, 0.25) is 0 Å². The second-order valence-electron chi connectivity index (χ2n) is 8.77. The highest BCUT2D eigenvalue weighted by Crippen LogP contribution is 2.48. The standard InChI is InChI=1S/C19H36N2O2/c1-15(21-17(22)23-18(2,3)4)9-14-20-16-7-12-19(13-8-16)10-5-6-11-19/h15-16,20H,5-14H2,1-4H3,(H,21,22). The quantitative estimate of drug-likeness (QED) is 0.789. The first-order valence-corrected chi connectivity index (χ1v) is 9.51. The van der Waals surface area contributed by atoms with Crippen molar-refractivity contribution < 1.29 is 9.53 Å². The summed E-state index contributed by atoms with van der Waals surface area (Å²) < 4.78 is 5.29. The van der Waals surface area contributed by atoms with Gasteiger partial charge >= 0.3 is 6.09 Å². The molecule has 0 aromatic carbocycles. The van der Waals surface area contributed by atoms with Gasteiger partial charge in [0.05, 0.1) is 0 Å². The molecule has 0 radical (unpaired) electrons. The molecule has 1 spiro atoms. The van der Waals surface area contributed by atoms with Crippen molar-refractivity contribution in [3.05, 3.63) is 0 Å². The van der Waals surface area contributed by atoms with Crippen LogP contribution < -0.4 is 10.6 Å². The van der Waals surface area contributed by atoms with E-state index in [1.807, 2.05) is 27.7 Å². The molecule has 1 amide bonds. The van der Waals surface area contributed by atoms with E-state index in [4.69, 9.17) is 4.74 Å². The van der Waals surface area contributed by atoms with Crippen LogP contribution in [0.1, 0.15) is 85.5 Å². The Morgan fingerprint density at radius 1 is 1.17 bits per heavy atom. The van der Waals surface area contributed by atoms with Gasteiger partial charge in [-0.05, 0) is 84.6 Å². The van der Waals surface area contributed by atoms with Crippen molar-refractivity contribution in [1.82, 2.24) is 10.6 Å². The fourth-order valence-electron chi connectivity index (χ4n) is 4.14. The number of hydrogen-bond donors (Lipinski definition) is 2. The van der Waals surface area contributed by atoms with Crippen LogP contribution >= 0.6 is 0 Å². The molecular formula is C19H36N2O2. The Labute approximate surface area is 142 Å². The summed E-state index contributed by atoms with van der Waals surface area (Å²) in [5.74, 6) is 0. The smallest absolute Gasteiger partial charge is 0.407 e. The van der Waals surface area contributed by atoms with Crippen LogP contribution in [0.4, 0.5) is 4.79 Å². The topological polar surface area (TPSA) is 50.4 Å². The first-order valence-electron chi connectivity index (χ1n) is 9.51. The Hall–Kier alpha value is -0.770. The number of nitrogens with one attached hydrogen (secondary N) is 2. The van der Waals surface area contributed by atoms with Crippen molar-refractivity contribution in [3.8, 4) is 0 Å². The molecule has 23 heavy (non-hydrogen) atoms. The van der Waals surface area contributed by atoms with Crippen molar-refractivity contribution in [2.75, 3.05) is 6.54 Å². The van der Waals surface area contributed by atoms with Gasteiger partial charge in [-0.15, -0.1) is 0 Å². The summed E-state index contributed by atoms with van der Waals surface area (Å²) in [4.78, 5) is 11.7. The monoisotopic (exact) mass is 324 g/mol. The van der Waals surface area contributed by atoms with Crippen LogP contribution in [0.5, 0.6) is 0 Å². The number of amides is 1. The van der Waals surface area contributed by atoms with Crippen molar-refractivity contribution in [3.63, 3.8) is 0 Å². The molecule has 4 nitrogen and oxygen atoms in total. The maximum absolute atomic E-state index is 11.7. The van der Waals surface area contributed by atoms with Crippen molar-refractivity contribution in [2.45, 2.75) is 103 Å². The predicted octanol–water partition coefficient (Wildman–Crippen LogP) is 4.38. The van der Waals surface area contributed by atoms with E-state index in [2.05, 4.69) is 10.6 Å². The molecule has 2 aliphatic carbocycles. The highest BCUT2D eigenvalue weighted by molar-refractivity contribution is 5.67. The molecule has 1 unspecified atom stereocenters. The van der Waals surface area contributed by atoms with E-state index in [-0.39, 0.29) is 12.1 Å². The molecule has 0 bridgehead atoms. The molecule has 0 aliphatic heterocycles. The van der Waals surface area contributed by atoms with Crippen LogP contribution in [-0.4, -0.2) is 30.3 Å². The fourth-order valence-corrected chi connectivity index (χ4v) is 4.14. The molecule has 0 aromatic heterocycles. The third-order valence-electron chi connectivity index (χ3n) is 5.48. The molecule has 2 fully saturated rings. The lowest BCUT2D eigenvalue weighted by atomic mass is 9.71. The van der Waals surface area contributed by atoms with Gasteiger partial charge in [-0.3, -0.25) is 0 Å². The molecule has 2 rings (SSSR count). The molecule has 134 valence electrons. The lowest BCUT2D eigenvalue weighted by molar-refractivity contribution is 0.0506. The Morgan fingerprint density at radius 2 is 1.78 bits per heavy atom. The van der Waals surface area contributed by atoms with Gasteiger partial charge in [-0.1, -0.05) is 12.8 Å². The van der Waals surface area contributed by atoms with Gasteiger partial charge in [-0.2, -0.15) is 0 Å². The lowest BCUT2D eigenvalue weighted by Crippen LogP contribution is -2.41. The van der Waals surface area contributed by atoms with Crippen LogP contribution in [0.25, 0.3) is 0 Å². The molecular weight excluding hydrogens is 288 g/mol. The fraction of sp³-hybridized carbons (Fsp3) is 0.947. The van der Waals surface area contributed by atoms with Gasteiger partial charge in [0, 0.05) is 12.1 Å². The van der Waals surface area contributed by atoms with Crippen molar-refractivity contribution >= 4 is 6.09 Å². The van der Waals surface area contributed by atoms with E-state index in [0.29, 0.717) is 11.5 Å². The lowest BCUT2D eigenvalue weighted by Gasteiger charge is -2.37. The normalized spacial score (nSPS) is 23.0. The Kier molecular flexibility index (Phi) is 6.35. The Morgan fingerprint density at radius 3 is 2.35 bits per heavy atom. The summed E-state index contributed by atoms with van der Waals surface area (Å²) >= 11 is 0. The van der Waals surface area contributed by atoms with E-state index in [9.17, 15) is 4.79 Å². The minimum Gasteiger partial charge on any atom is -0.444 e. The Bertz CT molecular complexity index is 373. The van der Waals surface area contributed by atoms with Gasteiger partial charge < -0.3 is 15.4 Å². The molecule has 0 heterocycles. The van der Waals surface area contributed by atoms with Crippen molar-refractivity contribution in [2.24, 2.45) is 5.41 Å². The average Bonchev–Trinajstić information content (AvgIpc) is 2.87. The summed E-state index contributed by atoms with van der Waals surface area (Å²) in [5, 5.41) is 6.60. The molecule has 0 saturated heterocycles. The third-order valence-corrected chi connectivity index (χ3v) is 5.48. The average molecular weight is 325 g/mol. The molecule has 0 aromatic rings. The minimum absolute atomic E-state index is 0.141. The van der Waals surface area contributed by atoms with Crippen LogP contribution in [0, 0.1) is 5.41 Å². The van der Waals surface area contributed by atoms with Gasteiger partial charge in [0.1, 0.15) is 5.60 Å². The second-order valence-corrected chi connectivity index (χ2v) is 8.77. The van der Waals surface area contributed by atoms with E-state index in [1.165, 1.54) is 51.4 Å². The zero-order valence-electron chi connectivity index (χ0n) is 15.5. The molecule has 1 atom stereocenters. The number of rotatable bonds is 5. The van der Waals surface area contributed by atoms with E-state index >= 15 is 0 Å². The van der Waals surface area contributed by atoms with Crippen LogP contribution in [-0.2, 0) is 4.74 Å². The van der Waals surface area contributed by atoms with Gasteiger partial charge in [0.25, 0.3) is 0 Å². The number of ether oxygens (including phenoxy) is 1. The van der Waals surface area contributed by atoms with Gasteiger partial charge in [0.15, 0.2) is 0 Å². The highest BCUT2D eigenvalue weighted by atomic mass is 16.6. The number of carbonyl (C=O) groups excluding carboxylic acids is 1. The molecule has 2 N–H and O–H groups in total. The van der Waals surface area contributed by atoms with Crippen LogP contribution in [0.15, 0.2) is 0 Å². The first kappa shape index (κ1) is 18.6. The first-order chi connectivity index (χ1) is 10.8. The van der Waals surface area contributed by atoms with E-state index < -0.39 is 5.60 Å². The molecule has 4 heteroatoms. The summed E-state index contributed by atoms with van der Waals surface area (Å²) in [6.45, 7) is 8.67. The third kappa shape index (κ3) is 6.33. The summed E-state index contributed by atoms with van der Waals surface area (Å²) in [7, 11) is 0. The maximum atomic E-state index is 11.7. The zero-order chi connectivity index (χ0) is 16.9.